The van der Waals surface area contributed by atoms with E-state index in [2.05, 4.69) is 4.74 Å². The van der Waals surface area contributed by atoms with Crippen LogP contribution in [0, 0.1) is 5.82 Å². The van der Waals surface area contributed by atoms with Gasteiger partial charge in [0.1, 0.15) is 5.82 Å². The molecule has 0 radical (unpaired) electrons. The number of esters is 1. The van der Waals surface area contributed by atoms with Gasteiger partial charge in [0.25, 0.3) is 0 Å². The number of rotatable bonds is 6. The number of halogens is 2. The lowest BCUT2D eigenvalue weighted by atomic mass is 10.0. The third-order valence-electron chi connectivity index (χ3n) is 3.52. The van der Waals surface area contributed by atoms with Crippen molar-refractivity contribution in [3.05, 3.63) is 71.0 Å². The monoisotopic (exact) mass is 320 g/mol. The summed E-state index contributed by atoms with van der Waals surface area (Å²) in [6.07, 6.45) is 1.94. The Bertz CT molecular complexity index is 625. The van der Waals surface area contributed by atoms with Crippen molar-refractivity contribution in [3.8, 4) is 0 Å². The van der Waals surface area contributed by atoms with E-state index in [0.717, 1.165) is 24.0 Å². The van der Waals surface area contributed by atoms with E-state index in [4.69, 9.17) is 11.6 Å². The Balaban J connectivity index is 1.99. The maximum Gasteiger partial charge on any atom is 0.305 e. The molecule has 4 heteroatoms. The summed E-state index contributed by atoms with van der Waals surface area (Å²) in [5.74, 6) is -0.498. The molecule has 2 aromatic rings. The summed E-state index contributed by atoms with van der Waals surface area (Å²) in [5.41, 5.74) is 2.44. The van der Waals surface area contributed by atoms with E-state index < -0.39 is 5.38 Å². The quantitative estimate of drug-likeness (QED) is 0.572. The largest absolute Gasteiger partial charge is 0.469 e. The van der Waals surface area contributed by atoms with Gasteiger partial charge in [0.2, 0.25) is 0 Å². The predicted molar refractivity (Wildman–Crippen MR) is 85.5 cm³/mol. The Hall–Kier alpha value is -1.87. The first-order chi connectivity index (χ1) is 10.6. The number of carbonyl (C=O) groups excluding carboxylic acids is 1. The molecule has 2 aromatic carbocycles. The fraction of sp³-hybridized carbons (Fsp3) is 0.278. The molecule has 0 spiro atoms. The van der Waals surface area contributed by atoms with E-state index in [-0.39, 0.29) is 11.8 Å². The van der Waals surface area contributed by atoms with Crippen LogP contribution in [0.4, 0.5) is 4.39 Å². The van der Waals surface area contributed by atoms with Gasteiger partial charge in [-0.2, -0.15) is 0 Å². The van der Waals surface area contributed by atoms with Gasteiger partial charge < -0.3 is 4.74 Å². The minimum Gasteiger partial charge on any atom is -0.469 e. The Morgan fingerprint density at radius 3 is 2.50 bits per heavy atom. The standard InChI is InChI=1S/C18H18ClFO2/c1-22-17(21)8-4-5-13-9-11-14(12-10-13)18(19)15-6-2-3-7-16(15)20/h2-3,6-7,9-12,18H,4-5,8H2,1H3. The van der Waals surface area contributed by atoms with Crippen LogP contribution in [-0.4, -0.2) is 13.1 Å². The van der Waals surface area contributed by atoms with Crippen LogP contribution in [0.25, 0.3) is 0 Å². The summed E-state index contributed by atoms with van der Waals surface area (Å²) in [4.78, 5) is 11.1. The first-order valence-electron chi connectivity index (χ1n) is 7.16. The highest BCUT2D eigenvalue weighted by Gasteiger charge is 2.14. The molecule has 0 aliphatic heterocycles. The normalized spacial score (nSPS) is 12.0. The van der Waals surface area contributed by atoms with Gasteiger partial charge in [0, 0.05) is 12.0 Å². The van der Waals surface area contributed by atoms with Gasteiger partial charge in [-0.15, -0.1) is 11.6 Å². The fourth-order valence-corrected chi connectivity index (χ4v) is 2.57. The SMILES string of the molecule is COC(=O)CCCc1ccc(C(Cl)c2ccccc2F)cc1. The number of methoxy groups -OCH3 is 1. The molecule has 0 aliphatic carbocycles. The van der Waals surface area contributed by atoms with Crippen molar-refractivity contribution in [2.24, 2.45) is 0 Å². The molecule has 0 saturated heterocycles. The number of hydrogen-bond donors (Lipinski definition) is 0. The number of benzene rings is 2. The molecule has 1 atom stereocenters. The molecule has 116 valence electrons. The molecule has 2 rings (SSSR count). The zero-order chi connectivity index (χ0) is 15.9. The zero-order valence-corrected chi connectivity index (χ0v) is 13.1. The van der Waals surface area contributed by atoms with Crippen molar-refractivity contribution in [3.63, 3.8) is 0 Å². The van der Waals surface area contributed by atoms with Crippen LogP contribution in [-0.2, 0) is 16.0 Å². The molecule has 0 heterocycles. The van der Waals surface area contributed by atoms with Crippen molar-refractivity contribution >= 4 is 17.6 Å². The van der Waals surface area contributed by atoms with Gasteiger partial charge in [-0.1, -0.05) is 42.5 Å². The molecule has 0 aliphatic rings. The molecule has 0 N–H and O–H groups in total. The van der Waals surface area contributed by atoms with Gasteiger partial charge in [-0.3, -0.25) is 4.79 Å². The number of hydrogen-bond acceptors (Lipinski definition) is 2. The van der Waals surface area contributed by atoms with Crippen LogP contribution < -0.4 is 0 Å². The van der Waals surface area contributed by atoms with Gasteiger partial charge >= 0.3 is 5.97 Å². The van der Waals surface area contributed by atoms with E-state index in [1.54, 1.807) is 18.2 Å². The third-order valence-corrected chi connectivity index (χ3v) is 4.01. The van der Waals surface area contributed by atoms with Gasteiger partial charge in [0.05, 0.1) is 12.5 Å². The summed E-state index contributed by atoms with van der Waals surface area (Å²) in [6, 6.07) is 14.2. The van der Waals surface area contributed by atoms with Gasteiger partial charge in [-0.05, 0) is 30.0 Å². The second-order valence-electron chi connectivity index (χ2n) is 5.06. The summed E-state index contributed by atoms with van der Waals surface area (Å²) in [7, 11) is 1.39. The minimum atomic E-state index is -0.509. The van der Waals surface area contributed by atoms with E-state index in [9.17, 15) is 9.18 Å². The Morgan fingerprint density at radius 1 is 1.18 bits per heavy atom. The molecule has 0 bridgehead atoms. The van der Waals surface area contributed by atoms with Crippen LogP contribution in [0.15, 0.2) is 48.5 Å². The lowest BCUT2D eigenvalue weighted by Gasteiger charge is -2.12. The first-order valence-corrected chi connectivity index (χ1v) is 7.59. The highest BCUT2D eigenvalue weighted by molar-refractivity contribution is 6.22. The fourth-order valence-electron chi connectivity index (χ4n) is 2.25. The summed E-state index contributed by atoms with van der Waals surface area (Å²) in [6.45, 7) is 0. The van der Waals surface area contributed by atoms with E-state index in [0.29, 0.717) is 12.0 Å². The molecule has 0 fully saturated rings. The Kier molecular flexibility index (Phi) is 5.96. The van der Waals surface area contributed by atoms with Crippen molar-refractivity contribution < 1.29 is 13.9 Å². The maximum atomic E-state index is 13.8. The molecular weight excluding hydrogens is 303 g/mol. The molecule has 0 saturated carbocycles. The van der Waals surface area contributed by atoms with Crippen LogP contribution in [0.2, 0.25) is 0 Å². The third kappa shape index (κ3) is 4.31. The van der Waals surface area contributed by atoms with Crippen molar-refractivity contribution in [1.29, 1.82) is 0 Å². The summed E-state index contributed by atoms with van der Waals surface area (Å²) in [5, 5.41) is -0.509. The number of carbonyl (C=O) groups is 1. The smallest absolute Gasteiger partial charge is 0.305 e. The topological polar surface area (TPSA) is 26.3 Å². The molecule has 1 unspecified atom stereocenters. The van der Waals surface area contributed by atoms with E-state index in [1.165, 1.54) is 13.2 Å². The molecule has 2 nitrogen and oxygen atoms in total. The average molecular weight is 321 g/mol. The van der Waals surface area contributed by atoms with Crippen molar-refractivity contribution in [2.45, 2.75) is 24.6 Å². The van der Waals surface area contributed by atoms with Crippen LogP contribution in [0.3, 0.4) is 0 Å². The highest BCUT2D eigenvalue weighted by atomic mass is 35.5. The summed E-state index contributed by atoms with van der Waals surface area (Å²) >= 11 is 6.35. The Morgan fingerprint density at radius 2 is 1.86 bits per heavy atom. The van der Waals surface area contributed by atoms with Gasteiger partial charge in [0.15, 0.2) is 0 Å². The number of alkyl halides is 1. The Labute approximate surface area is 134 Å². The lowest BCUT2D eigenvalue weighted by Crippen LogP contribution is -2.01. The minimum absolute atomic E-state index is 0.197. The van der Waals surface area contributed by atoms with Gasteiger partial charge in [-0.25, -0.2) is 4.39 Å². The second kappa shape index (κ2) is 7.95. The maximum absolute atomic E-state index is 13.8. The first kappa shape index (κ1) is 16.5. The van der Waals surface area contributed by atoms with Crippen LogP contribution >= 0.6 is 11.6 Å². The summed E-state index contributed by atoms with van der Waals surface area (Å²) < 4.78 is 18.4. The molecular formula is C18H18ClFO2. The van der Waals surface area contributed by atoms with Crippen molar-refractivity contribution in [2.75, 3.05) is 7.11 Å². The second-order valence-corrected chi connectivity index (χ2v) is 5.49. The molecule has 22 heavy (non-hydrogen) atoms. The van der Waals surface area contributed by atoms with E-state index in [1.807, 2.05) is 24.3 Å². The lowest BCUT2D eigenvalue weighted by molar-refractivity contribution is -0.140. The number of aryl methyl sites for hydroxylation is 1. The molecule has 0 amide bonds. The predicted octanol–water partition coefficient (Wildman–Crippen LogP) is 4.65. The van der Waals surface area contributed by atoms with E-state index >= 15 is 0 Å². The number of ether oxygens (including phenoxy) is 1. The highest BCUT2D eigenvalue weighted by Crippen LogP contribution is 2.30. The van der Waals surface area contributed by atoms with Crippen LogP contribution in [0.1, 0.15) is 34.9 Å². The van der Waals surface area contributed by atoms with Crippen molar-refractivity contribution in [1.82, 2.24) is 0 Å². The average Bonchev–Trinajstić information content (AvgIpc) is 2.55. The molecule has 0 aromatic heterocycles. The van der Waals surface area contributed by atoms with Crippen LogP contribution in [0.5, 0.6) is 0 Å². The zero-order valence-electron chi connectivity index (χ0n) is 12.4.